The average Bonchev–Trinajstić information content (AvgIpc) is 3.42. The smallest absolute Gasteiger partial charge is 0.448 e. The molecule has 2 aromatic carbocycles. The number of carboxylic acid groups (broad SMARTS) is 1. The quantitative estimate of drug-likeness (QED) is 0.167. The average molecular weight is 608 g/mol. The molecule has 16 heteroatoms. The second kappa shape index (κ2) is 10.4. The first-order valence-electron chi connectivity index (χ1n) is 13.8. The summed E-state index contributed by atoms with van der Waals surface area (Å²) in [6.45, 7) is 0.131. The highest BCUT2D eigenvalue weighted by molar-refractivity contribution is 5.98. The molecule has 3 saturated carbocycles. The number of rotatable bonds is 9. The van der Waals surface area contributed by atoms with E-state index in [4.69, 9.17) is 5.73 Å². The van der Waals surface area contributed by atoms with E-state index in [1.54, 1.807) is 0 Å². The standard InChI is InChI=1S/C28H26FN7O8/c29-14-2-1-13(9-15(14)33-19-18(30)20(37)21(19)38)11-31-23(40)17-10-16(34-25-35-44-26(43)36(17)25)22(39)32-12-27-3-6-28(7-4-27,8-5-27)24(41)42/h1-2,9-10,33H,3-8,11-12,30H2,(H,31,40)(H,32,39)(H,41,42). The van der Waals surface area contributed by atoms with Gasteiger partial charge in [-0.15, -0.1) is 0 Å². The second-order valence-electron chi connectivity index (χ2n) is 11.4. The molecule has 0 spiro atoms. The molecule has 3 aliphatic rings. The van der Waals surface area contributed by atoms with Gasteiger partial charge in [-0.3, -0.25) is 28.5 Å². The zero-order chi connectivity index (χ0) is 31.4. The number of aliphatic carboxylic acids is 1. The number of halogens is 1. The molecular weight excluding hydrogens is 581 g/mol. The molecule has 4 aromatic rings. The van der Waals surface area contributed by atoms with Crippen LogP contribution in [0.2, 0.25) is 0 Å². The molecule has 2 bridgehead atoms. The van der Waals surface area contributed by atoms with Gasteiger partial charge in [0.05, 0.1) is 11.1 Å². The summed E-state index contributed by atoms with van der Waals surface area (Å²) in [6, 6.07) is 4.88. The molecule has 6 N–H and O–H groups in total. The Kier molecular flexibility index (Phi) is 6.78. The van der Waals surface area contributed by atoms with E-state index in [0.29, 0.717) is 50.6 Å². The Balaban J connectivity index is 1.17. The first-order chi connectivity index (χ1) is 20.9. The first-order valence-corrected chi connectivity index (χ1v) is 13.8. The highest BCUT2D eigenvalue weighted by atomic mass is 19.1. The van der Waals surface area contributed by atoms with Gasteiger partial charge < -0.3 is 26.8 Å². The third-order valence-corrected chi connectivity index (χ3v) is 8.96. The monoisotopic (exact) mass is 607 g/mol. The van der Waals surface area contributed by atoms with E-state index in [0.717, 1.165) is 16.5 Å². The number of fused-ring (bicyclic) bond motifs is 4. The van der Waals surface area contributed by atoms with Crippen LogP contribution in [0.25, 0.3) is 5.78 Å². The third kappa shape index (κ3) is 4.77. The molecular formula is C28H26FN7O8. The molecule has 15 nitrogen and oxygen atoms in total. The van der Waals surface area contributed by atoms with Crippen LogP contribution in [0, 0.1) is 16.6 Å². The zero-order valence-electron chi connectivity index (χ0n) is 23.1. The number of anilines is 3. The lowest BCUT2D eigenvalue weighted by Crippen LogP contribution is -2.50. The number of amides is 2. The predicted molar refractivity (Wildman–Crippen MR) is 151 cm³/mol. The van der Waals surface area contributed by atoms with E-state index >= 15 is 0 Å². The summed E-state index contributed by atoms with van der Waals surface area (Å²) in [4.78, 5) is 77.5. The number of hydrogen-bond acceptors (Lipinski definition) is 11. The van der Waals surface area contributed by atoms with Crippen LogP contribution in [0.15, 0.2) is 43.2 Å². The van der Waals surface area contributed by atoms with Crippen LogP contribution < -0.4 is 38.3 Å². The van der Waals surface area contributed by atoms with Gasteiger partial charge in [-0.2, -0.15) is 0 Å². The van der Waals surface area contributed by atoms with Crippen molar-refractivity contribution in [3.05, 3.63) is 78.0 Å². The van der Waals surface area contributed by atoms with Crippen molar-refractivity contribution in [3.8, 4) is 0 Å². The summed E-state index contributed by atoms with van der Waals surface area (Å²) in [7, 11) is 0. The maximum atomic E-state index is 14.4. The second-order valence-corrected chi connectivity index (χ2v) is 11.4. The molecule has 2 aromatic heterocycles. The van der Waals surface area contributed by atoms with E-state index in [1.807, 2.05) is 0 Å². The van der Waals surface area contributed by atoms with Crippen LogP contribution in [0.4, 0.5) is 21.5 Å². The molecule has 0 saturated heterocycles. The highest BCUT2D eigenvalue weighted by Crippen LogP contribution is 2.56. The largest absolute Gasteiger partial charge is 0.481 e. The fraction of sp³-hybridized carbons (Fsp3) is 0.357. The highest BCUT2D eigenvalue weighted by Gasteiger charge is 2.52. The van der Waals surface area contributed by atoms with Gasteiger partial charge in [0.1, 0.15) is 28.6 Å². The number of carbonyl (C=O) groups is 3. The first kappa shape index (κ1) is 28.7. The van der Waals surface area contributed by atoms with Crippen LogP contribution in [0.3, 0.4) is 0 Å². The Morgan fingerprint density at radius 1 is 1.00 bits per heavy atom. The maximum absolute atomic E-state index is 14.4. The molecule has 228 valence electrons. The summed E-state index contributed by atoms with van der Waals surface area (Å²) in [6.07, 6.45) is 3.63. The van der Waals surface area contributed by atoms with Crippen molar-refractivity contribution in [2.75, 3.05) is 17.6 Å². The number of nitrogens with two attached hydrogens (primary N) is 1. The molecule has 0 aliphatic heterocycles. The van der Waals surface area contributed by atoms with Gasteiger partial charge in [-0.25, -0.2) is 18.6 Å². The number of nitrogens with zero attached hydrogens (tertiary/aromatic N) is 3. The number of hydrogen-bond donors (Lipinski definition) is 5. The Bertz CT molecular complexity index is 1970. The topological polar surface area (TPSA) is 228 Å². The van der Waals surface area contributed by atoms with Gasteiger partial charge in [0.25, 0.3) is 28.4 Å². The third-order valence-electron chi connectivity index (χ3n) is 8.96. The van der Waals surface area contributed by atoms with Crippen LogP contribution in [-0.4, -0.2) is 44.0 Å². The maximum Gasteiger partial charge on any atom is 0.448 e. The van der Waals surface area contributed by atoms with Crippen LogP contribution in [0.1, 0.15) is 65.1 Å². The van der Waals surface area contributed by atoms with Crippen molar-refractivity contribution in [3.63, 3.8) is 0 Å². The molecule has 0 atom stereocenters. The lowest BCUT2D eigenvalue weighted by Gasteiger charge is -2.51. The normalized spacial score (nSPS) is 20.9. The molecule has 44 heavy (non-hydrogen) atoms. The van der Waals surface area contributed by atoms with Crippen molar-refractivity contribution in [1.82, 2.24) is 25.2 Å². The number of aromatic nitrogens is 3. The molecule has 0 radical (unpaired) electrons. The Morgan fingerprint density at radius 2 is 1.70 bits per heavy atom. The number of carboxylic acids is 1. The fourth-order valence-electron chi connectivity index (χ4n) is 6.06. The van der Waals surface area contributed by atoms with Crippen LogP contribution in [0.5, 0.6) is 0 Å². The molecule has 7 rings (SSSR count). The van der Waals surface area contributed by atoms with Gasteiger partial charge in [0.15, 0.2) is 0 Å². The van der Waals surface area contributed by atoms with E-state index in [1.165, 1.54) is 12.1 Å². The van der Waals surface area contributed by atoms with E-state index < -0.39 is 45.6 Å². The molecule has 2 heterocycles. The number of nitrogens with one attached hydrogen (secondary N) is 3. The van der Waals surface area contributed by atoms with Crippen molar-refractivity contribution < 1.29 is 28.4 Å². The zero-order valence-corrected chi connectivity index (χ0v) is 23.1. The predicted octanol–water partition coefficient (Wildman–Crippen LogP) is 0.828. The minimum absolute atomic E-state index is 0.153. The van der Waals surface area contributed by atoms with Gasteiger partial charge in [-0.05, 0) is 72.9 Å². The summed E-state index contributed by atoms with van der Waals surface area (Å²) in [5, 5.41) is 21.1. The van der Waals surface area contributed by atoms with Gasteiger partial charge in [0, 0.05) is 13.1 Å². The van der Waals surface area contributed by atoms with E-state index in [2.05, 4.69) is 30.6 Å². The van der Waals surface area contributed by atoms with Gasteiger partial charge in [-0.1, -0.05) is 6.07 Å². The summed E-state index contributed by atoms with van der Waals surface area (Å²) in [5.74, 6) is -4.25. The molecule has 3 fully saturated rings. The van der Waals surface area contributed by atoms with Gasteiger partial charge in [0.2, 0.25) is 0 Å². The molecule has 2 amide bonds. The van der Waals surface area contributed by atoms with Crippen molar-refractivity contribution in [2.45, 2.75) is 45.1 Å². The number of benzene rings is 1. The van der Waals surface area contributed by atoms with Crippen LogP contribution >= 0.6 is 0 Å². The lowest BCUT2D eigenvalue weighted by molar-refractivity contribution is -0.158. The summed E-state index contributed by atoms with van der Waals surface area (Å²) >= 11 is 0. The SMILES string of the molecule is Nc1c(Nc2cc(CNC(=O)c3cc(C(=O)NCC45CCC(C(=O)O)(CC4)CC5)nc4noc(=O)n34)ccc2F)c(=O)c1=O. The summed E-state index contributed by atoms with van der Waals surface area (Å²) < 4.78 is 19.8. The number of carbonyl (C=O) groups excluding carboxylic acids is 2. The Hall–Kier alpha value is -5.41. The Labute approximate surface area is 245 Å². The fourth-order valence-corrected chi connectivity index (χ4v) is 6.06. The summed E-state index contributed by atoms with van der Waals surface area (Å²) in [5.41, 5.74) is 2.05. The van der Waals surface area contributed by atoms with Crippen molar-refractivity contribution >= 4 is 40.6 Å². The van der Waals surface area contributed by atoms with E-state index in [-0.39, 0.29) is 46.2 Å². The number of nitrogen functional groups attached to an aromatic ring is 1. The Morgan fingerprint density at radius 3 is 2.36 bits per heavy atom. The van der Waals surface area contributed by atoms with Gasteiger partial charge >= 0.3 is 11.7 Å². The lowest BCUT2D eigenvalue weighted by atomic mass is 9.53. The van der Waals surface area contributed by atoms with Crippen molar-refractivity contribution in [2.24, 2.45) is 10.8 Å². The van der Waals surface area contributed by atoms with Crippen molar-refractivity contribution in [1.29, 1.82) is 0 Å². The minimum Gasteiger partial charge on any atom is -0.481 e. The molecule has 0 unspecified atom stereocenters. The van der Waals surface area contributed by atoms with E-state index in [9.17, 15) is 38.3 Å². The molecule has 3 aliphatic carbocycles. The van der Waals surface area contributed by atoms with Crippen LogP contribution in [-0.2, 0) is 11.3 Å². The minimum atomic E-state index is -1.01.